The standard InChI is InChI=1S/C22H29N3O3/c1-4-6-21(26)24-18-11-9-17(10-12-18)23-14-22(27)25-19-7-5-8-20(13-19)28-15-16(2)3/h5,7-13,16,23H,4,6,14-15H2,1-3H3,(H,24,26)(H,25,27). The molecular formula is C22H29N3O3. The van der Waals surface area contributed by atoms with E-state index in [0.717, 1.165) is 23.5 Å². The molecule has 6 heteroatoms. The Kier molecular flexibility index (Phi) is 8.34. The fourth-order valence-corrected chi connectivity index (χ4v) is 2.44. The third-order valence-corrected chi connectivity index (χ3v) is 3.80. The van der Waals surface area contributed by atoms with Crippen LogP contribution in [0.5, 0.6) is 5.75 Å². The van der Waals surface area contributed by atoms with Crippen molar-refractivity contribution in [1.29, 1.82) is 0 Å². The number of nitrogens with one attached hydrogen (secondary N) is 3. The predicted octanol–water partition coefficient (Wildman–Crippen LogP) is 4.51. The summed E-state index contributed by atoms with van der Waals surface area (Å²) in [6, 6.07) is 14.6. The lowest BCUT2D eigenvalue weighted by molar-refractivity contribution is -0.116. The van der Waals surface area contributed by atoms with Gasteiger partial charge in [0.05, 0.1) is 13.2 Å². The summed E-state index contributed by atoms with van der Waals surface area (Å²) in [5.41, 5.74) is 2.24. The summed E-state index contributed by atoms with van der Waals surface area (Å²) in [6.07, 6.45) is 1.32. The lowest BCUT2D eigenvalue weighted by Gasteiger charge is -2.11. The zero-order valence-electron chi connectivity index (χ0n) is 16.7. The van der Waals surface area contributed by atoms with Gasteiger partial charge < -0.3 is 20.7 Å². The Morgan fingerprint density at radius 2 is 1.61 bits per heavy atom. The molecule has 2 amide bonds. The van der Waals surface area contributed by atoms with Gasteiger partial charge in [-0.2, -0.15) is 0 Å². The number of amides is 2. The van der Waals surface area contributed by atoms with Crippen molar-refractivity contribution in [2.45, 2.75) is 33.6 Å². The van der Waals surface area contributed by atoms with Crippen LogP contribution >= 0.6 is 0 Å². The van der Waals surface area contributed by atoms with Gasteiger partial charge in [-0.3, -0.25) is 9.59 Å². The molecule has 2 rings (SSSR count). The van der Waals surface area contributed by atoms with E-state index < -0.39 is 0 Å². The monoisotopic (exact) mass is 383 g/mol. The molecule has 150 valence electrons. The number of hydrogen-bond donors (Lipinski definition) is 3. The molecule has 0 aromatic heterocycles. The summed E-state index contributed by atoms with van der Waals surface area (Å²) < 4.78 is 5.68. The van der Waals surface area contributed by atoms with E-state index in [1.165, 1.54) is 0 Å². The molecule has 28 heavy (non-hydrogen) atoms. The molecule has 2 aromatic carbocycles. The Morgan fingerprint density at radius 1 is 0.929 bits per heavy atom. The van der Waals surface area contributed by atoms with Gasteiger partial charge in [-0.25, -0.2) is 0 Å². The van der Waals surface area contributed by atoms with Crippen molar-refractivity contribution in [3.63, 3.8) is 0 Å². The van der Waals surface area contributed by atoms with Gasteiger partial charge in [-0.15, -0.1) is 0 Å². The summed E-state index contributed by atoms with van der Waals surface area (Å²) in [7, 11) is 0. The van der Waals surface area contributed by atoms with E-state index in [1.54, 1.807) is 0 Å². The molecule has 0 aliphatic heterocycles. The van der Waals surface area contributed by atoms with Crippen LogP contribution in [-0.4, -0.2) is 25.0 Å². The van der Waals surface area contributed by atoms with Crippen molar-refractivity contribution in [2.24, 2.45) is 5.92 Å². The maximum atomic E-state index is 12.2. The average molecular weight is 383 g/mol. The van der Waals surface area contributed by atoms with Crippen molar-refractivity contribution < 1.29 is 14.3 Å². The SMILES string of the molecule is CCCC(=O)Nc1ccc(NCC(=O)Nc2cccc(OCC(C)C)c2)cc1. The number of carbonyl (C=O) groups is 2. The van der Waals surface area contributed by atoms with Gasteiger partial charge in [0.25, 0.3) is 0 Å². The first-order valence-electron chi connectivity index (χ1n) is 9.62. The second-order valence-corrected chi connectivity index (χ2v) is 7.01. The molecule has 0 aliphatic rings. The number of rotatable bonds is 10. The molecule has 0 spiro atoms. The van der Waals surface area contributed by atoms with Crippen molar-refractivity contribution in [3.8, 4) is 5.75 Å². The Bertz CT molecular complexity index is 773. The average Bonchev–Trinajstić information content (AvgIpc) is 2.66. The number of hydrogen-bond acceptors (Lipinski definition) is 4. The summed E-state index contributed by atoms with van der Waals surface area (Å²) >= 11 is 0. The molecule has 0 heterocycles. The first-order chi connectivity index (χ1) is 13.5. The molecule has 0 saturated heterocycles. The van der Waals surface area contributed by atoms with Crippen LogP contribution in [0.25, 0.3) is 0 Å². The van der Waals surface area contributed by atoms with Gasteiger partial charge in [0.2, 0.25) is 11.8 Å². The Labute approximate surface area is 166 Å². The molecule has 0 fully saturated rings. The van der Waals surface area contributed by atoms with Crippen LogP contribution in [0, 0.1) is 5.92 Å². The number of carbonyl (C=O) groups excluding carboxylic acids is 2. The second kappa shape index (κ2) is 11.0. The van der Waals surface area contributed by atoms with E-state index >= 15 is 0 Å². The number of anilines is 3. The summed E-state index contributed by atoms with van der Waals surface area (Å²) in [4.78, 5) is 23.8. The molecule has 6 nitrogen and oxygen atoms in total. The molecule has 3 N–H and O–H groups in total. The minimum atomic E-state index is -0.152. The third kappa shape index (κ3) is 7.70. The summed E-state index contributed by atoms with van der Waals surface area (Å²) in [5, 5.41) is 8.75. The molecule has 0 bridgehead atoms. The normalized spacial score (nSPS) is 10.4. The fourth-order valence-electron chi connectivity index (χ4n) is 2.44. The molecule has 0 aliphatic carbocycles. The molecule has 0 atom stereocenters. The highest BCUT2D eigenvalue weighted by Gasteiger charge is 2.05. The van der Waals surface area contributed by atoms with Crippen LogP contribution in [-0.2, 0) is 9.59 Å². The van der Waals surface area contributed by atoms with Gasteiger partial charge in [0, 0.05) is 29.5 Å². The van der Waals surface area contributed by atoms with Gasteiger partial charge in [0.1, 0.15) is 5.75 Å². The topological polar surface area (TPSA) is 79.5 Å². The van der Waals surface area contributed by atoms with Crippen LogP contribution < -0.4 is 20.7 Å². The van der Waals surface area contributed by atoms with Gasteiger partial charge in [-0.1, -0.05) is 26.8 Å². The quantitative estimate of drug-likeness (QED) is 0.564. The lowest BCUT2D eigenvalue weighted by Crippen LogP contribution is -2.21. The van der Waals surface area contributed by atoms with Crippen LogP contribution in [0.4, 0.5) is 17.1 Å². The maximum Gasteiger partial charge on any atom is 0.243 e. The maximum absolute atomic E-state index is 12.2. The Balaban J connectivity index is 1.80. The van der Waals surface area contributed by atoms with Gasteiger partial charge >= 0.3 is 0 Å². The molecular weight excluding hydrogens is 354 g/mol. The Hall–Kier alpha value is -3.02. The molecule has 2 aromatic rings. The Morgan fingerprint density at radius 3 is 2.29 bits per heavy atom. The molecule has 0 saturated carbocycles. The van der Waals surface area contributed by atoms with Gasteiger partial charge in [-0.05, 0) is 48.7 Å². The zero-order valence-corrected chi connectivity index (χ0v) is 16.7. The number of benzene rings is 2. The summed E-state index contributed by atoms with van der Waals surface area (Å²) in [5.74, 6) is 1.03. The van der Waals surface area contributed by atoms with E-state index in [9.17, 15) is 9.59 Å². The lowest BCUT2D eigenvalue weighted by atomic mass is 10.2. The van der Waals surface area contributed by atoms with E-state index in [4.69, 9.17) is 4.74 Å². The van der Waals surface area contributed by atoms with Gasteiger partial charge in [0.15, 0.2) is 0 Å². The smallest absolute Gasteiger partial charge is 0.243 e. The third-order valence-electron chi connectivity index (χ3n) is 3.80. The highest BCUT2D eigenvalue weighted by atomic mass is 16.5. The van der Waals surface area contributed by atoms with Crippen molar-refractivity contribution in [2.75, 3.05) is 29.1 Å². The van der Waals surface area contributed by atoms with Crippen LogP contribution in [0.15, 0.2) is 48.5 Å². The zero-order chi connectivity index (χ0) is 20.4. The minimum absolute atomic E-state index is 0.00203. The first kappa shape index (κ1) is 21.3. The van der Waals surface area contributed by atoms with Crippen molar-refractivity contribution in [3.05, 3.63) is 48.5 Å². The van der Waals surface area contributed by atoms with Crippen LogP contribution in [0.3, 0.4) is 0 Å². The number of ether oxygens (including phenoxy) is 1. The van der Waals surface area contributed by atoms with E-state index in [1.807, 2.05) is 55.5 Å². The van der Waals surface area contributed by atoms with Crippen LogP contribution in [0.1, 0.15) is 33.6 Å². The summed E-state index contributed by atoms with van der Waals surface area (Å²) in [6.45, 7) is 6.91. The fraction of sp³-hybridized carbons (Fsp3) is 0.364. The van der Waals surface area contributed by atoms with Crippen molar-refractivity contribution >= 4 is 28.9 Å². The molecule has 0 radical (unpaired) electrons. The van der Waals surface area contributed by atoms with E-state index in [-0.39, 0.29) is 18.4 Å². The predicted molar refractivity (Wildman–Crippen MR) is 114 cm³/mol. The van der Waals surface area contributed by atoms with E-state index in [2.05, 4.69) is 29.8 Å². The highest BCUT2D eigenvalue weighted by Crippen LogP contribution is 2.18. The largest absolute Gasteiger partial charge is 0.493 e. The van der Waals surface area contributed by atoms with E-state index in [0.29, 0.717) is 24.6 Å². The molecule has 0 unspecified atom stereocenters. The minimum Gasteiger partial charge on any atom is -0.493 e. The van der Waals surface area contributed by atoms with Crippen LogP contribution in [0.2, 0.25) is 0 Å². The van der Waals surface area contributed by atoms with Crippen molar-refractivity contribution in [1.82, 2.24) is 0 Å². The first-order valence-corrected chi connectivity index (χ1v) is 9.62. The highest BCUT2D eigenvalue weighted by molar-refractivity contribution is 5.94. The second-order valence-electron chi connectivity index (χ2n) is 7.01.